The summed E-state index contributed by atoms with van der Waals surface area (Å²) in [5, 5.41) is 29.6. The van der Waals surface area contributed by atoms with Crippen LogP contribution in [0, 0.1) is 0 Å². The first-order chi connectivity index (χ1) is 15.1. The lowest BCUT2D eigenvalue weighted by atomic mass is 10.1. The Bertz CT molecular complexity index is 698. The molecule has 5 heterocycles. The van der Waals surface area contributed by atoms with Crippen molar-refractivity contribution in [2.75, 3.05) is 0 Å². The first kappa shape index (κ1) is 28.4. The van der Waals surface area contributed by atoms with Crippen molar-refractivity contribution in [3.8, 4) is 0 Å². The lowest BCUT2D eigenvalue weighted by Crippen LogP contribution is -2.37. The molecule has 0 bridgehead atoms. The van der Waals surface area contributed by atoms with Gasteiger partial charge in [0.1, 0.15) is 24.4 Å². The van der Waals surface area contributed by atoms with Crippen molar-refractivity contribution in [3.63, 3.8) is 0 Å². The van der Waals surface area contributed by atoms with Crippen LogP contribution in [-0.2, 0) is 33.2 Å². The molecule has 34 heavy (non-hydrogen) atoms. The Morgan fingerprint density at radius 2 is 1.38 bits per heavy atom. The number of ether oxygens (including phenoxy) is 7. The molecule has 0 saturated carbocycles. The van der Waals surface area contributed by atoms with Gasteiger partial charge >= 0.3 is 0 Å². The predicted molar refractivity (Wildman–Crippen MR) is 124 cm³/mol. The molecule has 0 aromatic carbocycles. The van der Waals surface area contributed by atoms with E-state index in [-0.39, 0.29) is 32.0 Å². The van der Waals surface area contributed by atoms with E-state index in [4.69, 9.17) is 33.2 Å². The highest BCUT2D eigenvalue weighted by molar-refractivity contribution is 6.76. The Morgan fingerprint density at radius 1 is 0.824 bits per heavy atom. The Morgan fingerprint density at radius 3 is 1.94 bits per heavy atom. The standard InChI is InChI=1S/C13H26O5Si.C9H14O5.CH4/c1-13(2)17-11-10(15)9(16-12(11)18-13)6-8(14)7-19(3,4)5;1-9(2)13-7-6-4(3-5(10)12-6)11-8(7)14-9;/h8-12,14-15H,6-7H2,1-5H3;4-8,10H,3H2,1-2H3;1H4/t8?,9?,10-,11?,12+;4?,5?,6-,7?,8+;/m00./s1. The molecule has 5 fully saturated rings. The zero-order valence-electron chi connectivity index (χ0n) is 20.6. The molecule has 0 aliphatic carbocycles. The van der Waals surface area contributed by atoms with Gasteiger partial charge in [0.25, 0.3) is 0 Å². The number of hydrogen-bond donors (Lipinski definition) is 3. The van der Waals surface area contributed by atoms with Crippen LogP contribution < -0.4 is 0 Å². The van der Waals surface area contributed by atoms with Crippen molar-refractivity contribution in [3.05, 3.63) is 0 Å². The topological polar surface area (TPSA) is 125 Å². The van der Waals surface area contributed by atoms with Gasteiger partial charge in [0.2, 0.25) is 0 Å². The summed E-state index contributed by atoms with van der Waals surface area (Å²) in [6, 6.07) is 0.808. The van der Waals surface area contributed by atoms with Crippen LogP contribution in [-0.4, -0.2) is 96.6 Å². The smallest absolute Gasteiger partial charge is 0.190 e. The average molecular weight is 509 g/mol. The maximum absolute atomic E-state index is 10.2. The van der Waals surface area contributed by atoms with Crippen LogP contribution in [0.2, 0.25) is 25.7 Å². The van der Waals surface area contributed by atoms with E-state index in [0.29, 0.717) is 12.8 Å². The van der Waals surface area contributed by atoms with Crippen LogP contribution in [0.15, 0.2) is 0 Å². The third-order valence-electron chi connectivity index (χ3n) is 6.30. The summed E-state index contributed by atoms with van der Waals surface area (Å²) in [5.74, 6) is -1.32. The molecule has 0 radical (unpaired) electrons. The van der Waals surface area contributed by atoms with Gasteiger partial charge in [-0.3, -0.25) is 0 Å². The molecule has 5 aliphatic rings. The van der Waals surface area contributed by atoms with Crippen LogP contribution in [0.25, 0.3) is 0 Å². The summed E-state index contributed by atoms with van der Waals surface area (Å²) in [6.45, 7) is 13.9. The van der Waals surface area contributed by atoms with Gasteiger partial charge in [-0.15, -0.1) is 0 Å². The molecule has 0 aromatic rings. The summed E-state index contributed by atoms with van der Waals surface area (Å²) in [7, 11) is -1.32. The van der Waals surface area contributed by atoms with Crippen molar-refractivity contribution in [2.24, 2.45) is 0 Å². The zero-order chi connectivity index (χ0) is 24.3. The average Bonchev–Trinajstić information content (AvgIpc) is 3.35. The molecular formula is C23H44O10Si. The zero-order valence-corrected chi connectivity index (χ0v) is 21.6. The summed E-state index contributed by atoms with van der Waals surface area (Å²) in [5.41, 5.74) is 0. The Kier molecular flexibility index (Phi) is 8.30. The molecule has 10 atom stereocenters. The van der Waals surface area contributed by atoms with Crippen LogP contribution in [0.4, 0.5) is 0 Å². The van der Waals surface area contributed by atoms with E-state index in [9.17, 15) is 15.3 Å². The van der Waals surface area contributed by atoms with E-state index in [1.807, 2.05) is 13.8 Å². The van der Waals surface area contributed by atoms with E-state index >= 15 is 0 Å². The SMILES string of the molecule is C.CC1(C)OC2[C@H](OC(CC(O)C[Si](C)(C)C)[C@@H]2O)O1.CC1(C)OC2[C@H](OC3CC(O)O[C@@H]32)O1. The minimum Gasteiger partial charge on any atom is -0.393 e. The normalized spacial score (nSPS) is 44.5. The largest absolute Gasteiger partial charge is 0.393 e. The molecule has 0 amide bonds. The summed E-state index contributed by atoms with van der Waals surface area (Å²) in [6.07, 6.45) is -3.13. The summed E-state index contributed by atoms with van der Waals surface area (Å²) >= 11 is 0. The van der Waals surface area contributed by atoms with E-state index < -0.39 is 56.6 Å². The van der Waals surface area contributed by atoms with Gasteiger partial charge < -0.3 is 48.5 Å². The van der Waals surface area contributed by atoms with Crippen LogP contribution in [0.3, 0.4) is 0 Å². The Labute approximate surface area is 203 Å². The van der Waals surface area contributed by atoms with Crippen molar-refractivity contribution in [2.45, 2.75) is 147 Å². The van der Waals surface area contributed by atoms with E-state index in [1.165, 1.54) is 0 Å². The molecule has 5 rings (SSSR count). The number of aliphatic hydroxyl groups is 3. The molecule has 5 aliphatic heterocycles. The molecule has 6 unspecified atom stereocenters. The highest BCUT2D eigenvalue weighted by Crippen LogP contribution is 2.43. The monoisotopic (exact) mass is 508 g/mol. The third kappa shape index (κ3) is 6.38. The maximum Gasteiger partial charge on any atom is 0.190 e. The van der Waals surface area contributed by atoms with E-state index in [2.05, 4.69) is 19.6 Å². The highest BCUT2D eigenvalue weighted by Gasteiger charge is 2.58. The summed E-state index contributed by atoms with van der Waals surface area (Å²) in [4.78, 5) is 0. The molecule has 5 saturated heterocycles. The maximum atomic E-state index is 10.2. The van der Waals surface area contributed by atoms with Crippen molar-refractivity contribution < 1.29 is 48.5 Å². The fourth-order valence-corrected chi connectivity index (χ4v) is 6.73. The Balaban J connectivity index is 0.000000192. The second-order valence-corrected chi connectivity index (χ2v) is 17.3. The second kappa shape index (κ2) is 9.94. The molecule has 10 nitrogen and oxygen atoms in total. The molecule has 200 valence electrons. The minimum absolute atomic E-state index is 0. The quantitative estimate of drug-likeness (QED) is 0.485. The fraction of sp³-hybridized carbons (Fsp3) is 1.00. The van der Waals surface area contributed by atoms with E-state index in [1.54, 1.807) is 13.8 Å². The second-order valence-electron chi connectivity index (χ2n) is 11.7. The molecule has 3 N–H and O–H groups in total. The van der Waals surface area contributed by atoms with Gasteiger partial charge in [-0.1, -0.05) is 27.1 Å². The fourth-order valence-electron chi connectivity index (χ4n) is 5.15. The third-order valence-corrected chi connectivity index (χ3v) is 8.00. The molecule has 0 spiro atoms. The van der Waals surface area contributed by atoms with Gasteiger partial charge in [-0.2, -0.15) is 0 Å². The molecule has 0 aromatic heterocycles. The number of fused-ring (bicyclic) bond motifs is 4. The highest BCUT2D eigenvalue weighted by atomic mass is 28.3. The van der Waals surface area contributed by atoms with Crippen LogP contribution in [0.5, 0.6) is 0 Å². The van der Waals surface area contributed by atoms with Gasteiger partial charge in [0.15, 0.2) is 30.4 Å². The summed E-state index contributed by atoms with van der Waals surface area (Å²) < 4.78 is 39.0. The number of aliphatic hydroxyl groups excluding tert-OH is 3. The first-order valence-corrected chi connectivity index (χ1v) is 15.6. The van der Waals surface area contributed by atoms with Crippen molar-refractivity contribution in [1.82, 2.24) is 0 Å². The molecule has 11 heteroatoms. The first-order valence-electron chi connectivity index (χ1n) is 11.8. The van der Waals surface area contributed by atoms with Gasteiger partial charge in [0, 0.05) is 20.9 Å². The lowest BCUT2D eigenvalue weighted by molar-refractivity contribution is -0.217. The molecular weight excluding hydrogens is 464 g/mol. The minimum atomic E-state index is -1.32. The predicted octanol–water partition coefficient (Wildman–Crippen LogP) is 1.92. The van der Waals surface area contributed by atoms with Crippen molar-refractivity contribution in [1.29, 1.82) is 0 Å². The Hall–Kier alpha value is -0.183. The van der Waals surface area contributed by atoms with Gasteiger partial charge in [0.05, 0.1) is 18.3 Å². The van der Waals surface area contributed by atoms with E-state index in [0.717, 1.165) is 6.04 Å². The van der Waals surface area contributed by atoms with Gasteiger partial charge in [-0.25, -0.2) is 0 Å². The van der Waals surface area contributed by atoms with Crippen LogP contribution in [0.1, 0.15) is 48.0 Å². The van der Waals surface area contributed by atoms with Crippen molar-refractivity contribution >= 4 is 8.07 Å². The van der Waals surface area contributed by atoms with Crippen LogP contribution >= 0.6 is 0 Å². The van der Waals surface area contributed by atoms with Gasteiger partial charge in [-0.05, 0) is 33.7 Å². The number of rotatable bonds is 4. The number of hydrogen-bond acceptors (Lipinski definition) is 10. The lowest BCUT2D eigenvalue weighted by Gasteiger charge is -2.26.